The maximum absolute atomic E-state index is 9.40. The van der Waals surface area contributed by atoms with Crippen molar-refractivity contribution in [2.45, 2.75) is 11.5 Å². The molecule has 1 N–H and O–H groups in total. The van der Waals surface area contributed by atoms with Gasteiger partial charge in [0.25, 0.3) is 0 Å². The third kappa shape index (κ3) is 1.73. The summed E-state index contributed by atoms with van der Waals surface area (Å²) < 4.78 is 13.3. The smallest absolute Gasteiger partial charge is 0.438 e. The fourth-order valence-corrected chi connectivity index (χ4v) is 1.90. The Balaban J connectivity index is 2.17. The van der Waals surface area contributed by atoms with Gasteiger partial charge in [0.05, 0.1) is 7.11 Å². The number of hydrogen-bond donors (Lipinski definition) is 1. The number of aliphatic hydroxyl groups excluding tert-OH is 1. The van der Waals surface area contributed by atoms with Crippen LogP contribution in [0.15, 0.2) is 28.8 Å². The summed E-state index contributed by atoms with van der Waals surface area (Å²) in [5.41, 5.74) is 0.976. The van der Waals surface area contributed by atoms with Crippen molar-refractivity contribution in [1.82, 2.24) is 0 Å². The summed E-state index contributed by atoms with van der Waals surface area (Å²) >= 11 is 1.23. The number of ether oxygens (including phenoxy) is 1. The van der Waals surface area contributed by atoms with Gasteiger partial charge >= 0.3 is 6.29 Å². The molecule has 0 spiro atoms. The first-order chi connectivity index (χ1) is 6.81. The van der Waals surface area contributed by atoms with E-state index < -0.39 is 6.29 Å². The van der Waals surface area contributed by atoms with Crippen LogP contribution < -0.4 is 4.74 Å². The lowest BCUT2D eigenvalue weighted by molar-refractivity contribution is 0.218. The van der Waals surface area contributed by atoms with E-state index in [1.165, 1.54) is 11.9 Å². The SMILES string of the molecule is COc1ccc(C2SN=[O+]C2O)cc1. The molecule has 5 heteroatoms. The van der Waals surface area contributed by atoms with Gasteiger partial charge in [0.2, 0.25) is 0 Å². The lowest BCUT2D eigenvalue weighted by Crippen LogP contribution is -2.09. The van der Waals surface area contributed by atoms with Crippen LogP contribution in [0.5, 0.6) is 5.75 Å². The second-order valence-electron chi connectivity index (χ2n) is 2.87. The fraction of sp³-hybridized carbons (Fsp3) is 0.333. The minimum absolute atomic E-state index is 0.138. The fourth-order valence-electron chi connectivity index (χ4n) is 1.24. The molecule has 0 fully saturated rings. The molecule has 0 saturated heterocycles. The summed E-state index contributed by atoms with van der Waals surface area (Å²) in [5.74, 6) is 0.795. The molecule has 0 aromatic heterocycles. The molecule has 0 bridgehead atoms. The summed E-state index contributed by atoms with van der Waals surface area (Å²) in [6.45, 7) is 0. The van der Waals surface area contributed by atoms with E-state index in [0.29, 0.717) is 0 Å². The second kappa shape index (κ2) is 3.98. The van der Waals surface area contributed by atoms with Gasteiger partial charge in [0.1, 0.15) is 17.7 Å². The van der Waals surface area contributed by atoms with Crippen LogP contribution >= 0.6 is 11.9 Å². The molecule has 1 aromatic rings. The van der Waals surface area contributed by atoms with Gasteiger partial charge in [-0.1, -0.05) is 16.7 Å². The Hall–Kier alpha value is -1.07. The molecule has 1 heterocycles. The molecule has 14 heavy (non-hydrogen) atoms. The monoisotopic (exact) mass is 212 g/mol. The van der Waals surface area contributed by atoms with E-state index in [0.717, 1.165) is 11.3 Å². The quantitative estimate of drug-likeness (QED) is 0.602. The summed E-state index contributed by atoms with van der Waals surface area (Å²) in [5, 5.41) is 9.26. The number of aliphatic hydroxyl groups is 1. The van der Waals surface area contributed by atoms with Gasteiger partial charge in [-0.15, -0.1) is 0 Å². The van der Waals surface area contributed by atoms with Gasteiger partial charge in [0.15, 0.2) is 9.83 Å². The summed E-state index contributed by atoms with van der Waals surface area (Å²) in [6.07, 6.45) is -0.853. The maximum atomic E-state index is 9.40. The number of nitrogens with zero attached hydrogens (tertiary/aromatic N) is 1. The van der Waals surface area contributed by atoms with Crippen LogP contribution in [0, 0.1) is 4.54 Å². The molecule has 2 atom stereocenters. The average Bonchev–Trinajstić information content (AvgIpc) is 2.65. The molecule has 2 rings (SSSR count). The molecule has 1 aliphatic rings. The van der Waals surface area contributed by atoms with Crippen LogP contribution in [0.25, 0.3) is 0 Å². The standard InChI is InChI=1S/C9H10NO3S/c1-12-7-4-2-6(3-5-7)8-9(11)13-10-14-8/h2-5,8-9,11H,1H3/q+1. The zero-order valence-corrected chi connectivity index (χ0v) is 8.40. The Morgan fingerprint density at radius 3 is 2.64 bits per heavy atom. The first kappa shape index (κ1) is 9.48. The van der Waals surface area contributed by atoms with Crippen LogP contribution in [-0.4, -0.2) is 18.5 Å². The van der Waals surface area contributed by atoms with E-state index in [2.05, 4.69) is 9.12 Å². The number of rotatable bonds is 2. The minimum atomic E-state index is -0.853. The molecule has 0 saturated carbocycles. The van der Waals surface area contributed by atoms with Gasteiger partial charge in [-0.25, -0.2) is 0 Å². The predicted octanol–water partition coefficient (Wildman–Crippen LogP) is 2.02. The van der Waals surface area contributed by atoms with Crippen molar-refractivity contribution in [3.8, 4) is 5.75 Å². The van der Waals surface area contributed by atoms with Crippen LogP contribution in [0.3, 0.4) is 0 Å². The molecule has 0 amide bonds. The van der Waals surface area contributed by atoms with Crippen LogP contribution in [-0.2, 0) is 0 Å². The Morgan fingerprint density at radius 1 is 1.43 bits per heavy atom. The number of hydrogen-bond acceptors (Lipinski definition) is 4. The first-order valence-electron chi connectivity index (χ1n) is 4.15. The largest absolute Gasteiger partial charge is 0.497 e. The minimum Gasteiger partial charge on any atom is -0.497 e. The molecule has 74 valence electrons. The highest BCUT2D eigenvalue weighted by Crippen LogP contribution is 2.38. The lowest BCUT2D eigenvalue weighted by Gasteiger charge is -2.04. The van der Waals surface area contributed by atoms with Gasteiger partial charge < -0.3 is 9.84 Å². The maximum Gasteiger partial charge on any atom is 0.438 e. The van der Waals surface area contributed by atoms with Crippen molar-refractivity contribution in [3.05, 3.63) is 34.4 Å². The number of benzene rings is 1. The summed E-state index contributed by atoms with van der Waals surface area (Å²) in [7, 11) is 1.62. The van der Waals surface area contributed by atoms with E-state index >= 15 is 0 Å². The topological polar surface area (TPSA) is 53.1 Å². The van der Waals surface area contributed by atoms with Gasteiger partial charge in [-0.3, -0.25) is 0 Å². The highest BCUT2D eigenvalue weighted by Gasteiger charge is 2.38. The third-order valence-corrected chi connectivity index (χ3v) is 2.92. The highest BCUT2D eigenvalue weighted by molar-refractivity contribution is 7.98. The van der Waals surface area contributed by atoms with Crippen LogP contribution in [0.2, 0.25) is 0 Å². The third-order valence-electron chi connectivity index (χ3n) is 2.01. The summed E-state index contributed by atoms with van der Waals surface area (Å²) in [4.78, 5) is 0. The van der Waals surface area contributed by atoms with Crippen molar-refractivity contribution < 1.29 is 9.84 Å². The van der Waals surface area contributed by atoms with E-state index in [4.69, 9.17) is 4.74 Å². The van der Waals surface area contributed by atoms with Crippen LogP contribution in [0.4, 0.5) is 0 Å². The van der Waals surface area contributed by atoms with Gasteiger partial charge in [-0.05, 0) is 17.7 Å². The van der Waals surface area contributed by atoms with Gasteiger partial charge in [0, 0.05) is 0 Å². The molecule has 1 aliphatic heterocycles. The zero-order chi connectivity index (χ0) is 9.97. The summed E-state index contributed by atoms with van der Waals surface area (Å²) in [6, 6.07) is 7.48. The van der Waals surface area contributed by atoms with E-state index in [1.807, 2.05) is 24.3 Å². The van der Waals surface area contributed by atoms with Gasteiger partial charge in [-0.2, -0.15) is 0 Å². The van der Waals surface area contributed by atoms with E-state index in [1.54, 1.807) is 7.11 Å². The molecule has 4 nitrogen and oxygen atoms in total. The van der Waals surface area contributed by atoms with Crippen molar-refractivity contribution in [2.75, 3.05) is 7.11 Å². The lowest BCUT2D eigenvalue weighted by atomic mass is 10.1. The van der Waals surface area contributed by atoms with Crippen molar-refractivity contribution in [2.24, 2.45) is 4.58 Å². The molecular formula is C9H10NO3S+. The van der Waals surface area contributed by atoms with Crippen LogP contribution in [0.1, 0.15) is 10.8 Å². The molecule has 2 unspecified atom stereocenters. The molecule has 1 aromatic carbocycles. The Labute approximate surface area is 85.7 Å². The normalized spacial score (nSPS) is 25.3. The average molecular weight is 212 g/mol. The van der Waals surface area contributed by atoms with E-state index in [9.17, 15) is 5.11 Å². The van der Waals surface area contributed by atoms with E-state index in [-0.39, 0.29) is 5.25 Å². The van der Waals surface area contributed by atoms with Crippen molar-refractivity contribution in [3.63, 3.8) is 0 Å². The molecular weight excluding hydrogens is 202 g/mol. The Bertz CT molecular complexity index is 338. The number of methoxy groups -OCH3 is 1. The van der Waals surface area contributed by atoms with Crippen molar-refractivity contribution in [1.29, 1.82) is 0 Å². The zero-order valence-electron chi connectivity index (χ0n) is 7.58. The Morgan fingerprint density at radius 2 is 2.14 bits per heavy atom. The molecule has 0 aliphatic carbocycles. The highest BCUT2D eigenvalue weighted by atomic mass is 32.2. The Kier molecular flexibility index (Phi) is 2.69. The first-order valence-corrected chi connectivity index (χ1v) is 4.99. The van der Waals surface area contributed by atoms with Crippen molar-refractivity contribution >= 4 is 11.9 Å². The molecule has 0 radical (unpaired) electrons. The number of nitroso groups, excluding NO2 is 1. The second-order valence-corrected chi connectivity index (χ2v) is 3.74. The predicted molar refractivity (Wildman–Crippen MR) is 55.1 cm³/mol.